The standard InChI is InChI=1S/C27H28N4O4/c1-35-27(34)20-11-8-14-22(17-20)31(26(33)23-18-28-15-16-29-23)24(19-9-4-2-5-10-19)25(32)30-21-12-6-3-7-13-21/h2,4-5,8-11,14-18,21,24H,3,6-7,12-13H2,1H3,(H,30,32)/t24-/m1/s1. The maximum atomic E-state index is 13.8. The summed E-state index contributed by atoms with van der Waals surface area (Å²) in [5.74, 6) is -1.33. The lowest BCUT2D eigenvalue weighted by molar-refractivity contribution is -0.123. The molecular formula is C27H28N4O4. The normalized spacial score (nSPS) is 14.5. The number of amides is 2. The molecule has 1 heterocycles. The van der Waals surface area contributed by atoms with E-state index in [-0.39, 0.29) is 23.2 Å². The number of carbonyl (C=O) groups is 3. The van der Waals surface area contributed by atoms with Crippen LogP contribution in [0.25, 0.3) is 0 Å². The molecule has 3 aromatic rings. The van der Waals surface area contributed by atoms with E-state index in [1.54, 1.807) is 24.3 Å². The maximum Gasteiger partial charge on any atom is 0.337 e. The molecule has 0 aliphatic heterocycles. The van der Waals surface area contributed by atoms with Crippen LogP contribution in [0.1, 0.15) is 64.6 Å². The third kappa shape index (κ3) is 5.71. The summed E-state index contributed by atoms with van der Waals surface area (Å²) in [4.78, 5) is 49.5. The average Bonchev–Trinajstić information content (AvgIpc) is 2.92. The number of carbonyl (C=O) groups excluding carboxylic acids is 3. The van der Waals surface area contributed by atoms with Gasteiger partial charge in [0, 0.05) is 24.1 Å². The fourth-order valence-electron chi connectivity index (χ4n) is 4.40. The number of hydrogen-bond donors (Lipinski definition) is 1. The van der Waals surface area contributed by atoms with Crippen LogP contribution in [0.15, 0.2) is 73.2 Å². The van der Waals surface area contributed by atoms with Crippen molar-refractivity contribution in [2.24, 2.45) is 0 Å². The first-order valence-electron chi connectivity index (χ1n) is 11.7. The first kappa shape index (κ1) is 24.1. The Labute approximate surface area is 204 Å². The van der Waals surface area contributed by atoms with Crippen LogP contribution >= 0.6 is 0 Å². The summed E-state index contributed by atoms with van der Waals surface area (Å²) in [6.45, 7) is 0. The zero-order valence-electron chi connectivity index (χ0n) is 19.6. The molecule has 1 aromatic heterocycles. The van der Waals surface area contributed by atoms with Crippen molar-refractivity contribution in [2.75, 3.05) is 12.0 Å². The van der Waals surface area contributed by atoms with E-state index >= 15 is 0 Å². The minimum Gasteiger partial charge on any atom is -0.465 e. The van der Waals surface area contributed by atoms with Gasteiger partial charge in [0.1, 0.15) is 11.7 Å². The van der Waals surface area contributed by atoms with Gasteiger partial charge < -0.3 is 10.1 Å². The van der Waals surface area contributed by atoms with Crippen molar-refractivity contribution < 1.29 is 19.1 Å². The molecule has 0 saturated heterocycles. The Hall–Kier alpha value is -4.07. The second-order valence-corrected chi connectivity index (χ2v) is 8.46. The second-order valence-electron chi connectivity index (χ2n) is 8.46. The number of hydrogen-bond acceptors (Lipinski definition) is 6. The molecule has 4 rings (SSSR count). The van der Waals surface area contributed by atoms with Crippen LogP contribution in [-0.2, 0) is 9.53 Å². The number of ether oxygens (including phenoxy) is 1. The lowest BCUT2D eigenvalue weighted by atomic mass is 9.94. The molecule has 1 N–H and O–H groups in total. The smallest absolute Gasteiger partial charge is 0.337 e. The molecule has 180 valence electrons. The zero-order chi connectivity index (χ0) is 24.6. The van der Waals surface area contributed by atoms with Crippen molar-refractivity contribution in [3.8, 4) is 0 Å². The topological polar surface area (TPSA) is 101 Å². The van der Waals surface area contributed by atoms with Gasteiger partial charge in [0.25, 0.3) is 5.91 Å². The van der Waals surface area contributed by atoms with Crippen LogP contribution in [0.5, 0.6) is 0 Å². The first-order valence-corrected chi connectivity index (χ1v) is 11.7. The summed E-state index contributed by atoms with van der Waals surface area (Å²) in [7, 11) is 1.29. The van der Waals surface area contributed by atoms with E-state index in [0.717, 1.165) is 32.1 Å². The quantitative estimate of drug-likeness (QED) is 0.520. The number of rotatable bonds is 7. The van der Waals surface area contributed by atoms with Crippen molar-refractivity contribution in [1.29, 1.82) is 0 Å². The number of nitrogens with zero attached hydrogens (tertiary/aromatic N) is 3. The van der Waals surface area contributed by atoms with Crippen LogP contribution in [0.2, 0.25) is 0 Å². The van der Waals surface area contributed by atoms with E-state index < -0.39 is 17.9 Å². The van der Waals surface area contributed by atoms with Gasteiger partial charge in [-0.1, -0.05) is 55.7 Å². The Morgan fingerprint density at radius 1 is 1.00 bits per heavy atom. The Kier molecular flexibility index (Phi) is 7.82. The van der Waals surface area contributed by atoms with E-state index in [2.05, 4.69) is 15.3 Å². The molecule has 8 heteroatoms. The highest BCUT2D eigenvalue weighted by atomic mass is 16.5. The monoisotopic (exact) mass is 472 g/mol. The largest absolute Gasteiger partial charge is 0.465 e. The van der Waals surface area contributed by atoms with Crippen molar-refractivity contribution in [1.82, 2.24) is 15.3 Å². The highest BCUT2D eigenvalue weighted by molar-refractivity contribution is 6.09. The fourth-order valence-corrected chi connectivity index (χ4v) is 4.40. The molecule has 1 atom stereocenters. The number of benzene rings is 2. The second kappa shape index (κ2) is 11.4. The lowest BCUT2D eigenvalue weighted by Crippen LogP contribution is -2.47. The molecule has 2 amide bonds. The van der Waals surface area contributed by atoms with Gasteiger partial charge in [0.2, 0.25) is 5.91 Å². The third-order valence-corrected chi connectivity index (χ3v) is 6.12. The molecule has 0 radical (unpaired) electrons. The van der Waals surface area contributed by atoms with Gasteiger partial charge in [-0.2, -0.15) is 0 Å². The van der Waals surface area contributed by atoms with E-state index in [9.17, 15) is 14.4 Å². The van der Waals surface area contributed by atoms with Crippen molar-refractivity contribution in [2.45, 2.75) is 44.2 Å². The van der Waals surface area contributed by atoms with Crippen LogP contribution in [0.3, 0.4) is 0 Å². The van der Waals surface area contributed by atoms with E-state index in [0.29, 0.717) is 11.3 Å². The van der Waals surface area contributed by atoms with Crippen LogP contribution in [0.4, 0.5) is 5.69 Å². The third-order valence-electron chi connectivity index (χ3n) is 6.12. The highest BCUT2D eigenvalue weighted by Crippen LogP contribution is 2.31. The summed E-state index contributed by atoms with van der Waals surface area (Å²) < 4.78 is 4.87. The predicted molar refractivity (Wildman–Crippen MR) is 131 cm³/mol. The minimum absolute atomic E-state index is 0.0531. The molecule has 2 aromatic carbocycles. The van der Waals surface area contributed by atoms with Gasteiger partial charge in [-0.3, -0.25) is 19.5 Å². The zero-order valence-corrected chi connectivity index (χ0v) is 19.6. The molecular weight excluding hydrogens is 444 g/mol. The number of esters is 1. The molecule has 1 saturated carbocycles. The first-order chi connectivity index (χ1) is 17.1. The van der Waals surface area contributed by atoms with Crippen LogP contribution in [-0.4, -0.2) is 40.9 Å². The molecule has 1 fully saturated rings. The molecule has 8 nitrogen and oxygen atoms in total. The van der Waals surface area contributed by atoms with Gasteiger partial charge in [0.05, 0.1) is 18.9 Å². The maximum absolute atomic E-state index is 13.8. The Morgan fingerprint density at radius 3 is 2.46 bits per heavy atom. The molecule has 0 bridgehead atoms. The summed E-state index contributed by atoms with van der Waals surface area (Å²) in [5.41, 5.74) is 1.36. The van der Waals surface area contributed by atoms with Gasteiger partial charge in [-0.15, -0.1) is 0 Å². The van der Waals surface area contributed by atoms with Gasteiger partial charge in [0.15, 0.2) is 0 Å². The van der Waals surface area contributed by atoms with Crippen molar-refractivity contribution in [3.05, 3.63) is 90.0 Å². The van der Waals surface area contributed by atoms with Crippen LogP contribution in [0, 0.1) is 0 Å². The van der Waals surface area contributed by atoms with Crippen molar-refractivity contribution in [3.63, 3.8) is 0 Å². The number of methoxy groups -OCH3 is 1. The lowest BCUT2D eigenvalue weighted by Gasteiger charge is -2.33. The number of aromatic nitrogens is 2. The minimum atomic E-state index is -0.986. The Bertz CT molecular complexity index is 1160. The highest BCUT2D eigenvalue weighted by Gasteiger charge is 2.35. The summed E-state index contributed by atoms with van der Waals surface area (Å²) in [6, 6.07) is 14.7. The molecule has 35 heavy (non-hydrogen) atoms. The fraction of sp³-hybridized carbons (Fsp3) is 0.296. The Balaban J connectivity index is 1.82. The van der Waals surface area contributed by atoms with E-state index in [1.165, 1.54) is 30.6 Å². The summed E-state index contributed by atoms with van der Waals surface area (Å²) in [6.07, 6.45) is 9.35. The Morgan fingerprint density at radius 2 is 1.77 bits per heavy atom. The average molecular weight is 473 g/mol. The van der Waals surface area contributed by atoms with Gasteiger partial charge >= 0.3 is 5.97 Å². The summed E-state index contributed by atoms with van der Waals surface area (Å²) >= 11 is 0. The molecule has 0 spiro atoms. The molecule has 1 aliphatic rings. The van der Waals surface area contributed by atoms with E-state index in [1.807, 2.05) is 30.3 Å². The SMILES string of the molecule is COC(=O)c1cccc(N(C(=O)c2cnccn2)[C@@H](C(=O)NC2CCCCC2)c2ccccc2)c1. The number of anilines is 1. The van der Waals surface area contributed by atoms with E-state index in [4.69, 9.17) is 4.74 Å². The molecule has 1 aliphatic carbocycles. The van der Waals surface area contributed by atoms with Gasteiger partial charge in [-0.25, -0.2) is 9.78 Å². The van der Waals surface area contributed by atoms with Crippen LogP contribution < -0.4 is 10.2 Å². The predicted octanol–water partition coefficient (Wildman–Crippen LogP) is 4.10. The van der Waals surface area contributed by atoms with Crippen molar-refractivity contribution >= 4 is 23.5 Å². The summed E-state index contributed by atoms with van der Waals surface area (Å²) in [5, 5.41) is 3.16. The molecule has 0 unspecified atom stereocenters. The number of nitrogens with one attached hydrogen (secondary N) is 1. The van der Waals surface area contributed by atoms with Gasteiger partial charge in [-0.05, 0) is 36.6 Å².